The number of carbonyl (C=O) groups is 1. The number of aryl methyl sites for hydroxylation is 1. The van der Waals surface area contributed by atoms with Crippen LogP contribution in [0.4, 0.5) is 0 Å². The van der Waals surface area contributed by atoms with Gasteiger partial charge in [0.1, 0.15) is 0 Å². The molecule has 2 unspecified atom stereocenters. The van der Waals surface area contributed by atoms with E-state index in [9.17, 15) is 4.79 Å². The average Bonchev–Trinajstić information content (AvgIpc) is 2.81. The van der Waals surface area contributed by atoms with Crippen molar-refractivity contribution in [3.05, 3.63) is 21.9 Å². The Balaban J connectivity index is 1.96. The number of hydrogen-bond donors (Lipinski definition) is 2. The van der Waals surface area contributed by atoms with E-state index in [1.54, 1.807) is 11.3 Å². The lowest BCUT2D eigenvalue weighted by atomic mass is 9.91. The first-order valence-corrected chi connectivity index (χ1v) is 7.17. The molecule has 1 fully saturated rings. The van der Waals surface area contributed by atoms with Gasteiger partial charge in [0.15, 0.2) is 0 Å². The lowest BCUT2D eigenvalue weighted by molar-refractivity contribution is 0.0925. The fourth-order valence-electron chi connectivity index (χ4n) is 2.27. The van der Waals surface area contributed by atoms with Gasteiger partial charge in [0, 0.05) is 17.0 Å². The van der Waals surface area contributed by atoms with E-state index in [2.05, 4.69) is 12.2 Å². The largest absolute Gasteiger partial charge is 0.347 e. The van der Waals surface area contributed by atoms with E-state index in [4.69, 9.17) is 5.73 Å². The Hall–Kier alpha value is -0.870. The molecule has 0 bridgehead atoms. The monoisotopic (exact) mass is 252 g/mol. The van der Waals surface area contributed by atoms with E-state index in [0.717, 1.165) is 24.1 Å². The number of thiophene rings is 1. The summed E-state index contributed by atoms with van der Waals surface area (Å²) in [6, 6.07) is 4.22. The van der Waals surface area contributed by atoms with Gasteiger partial charge in [-0.05, 0) is 31.4 Å². The molecule has 1 aliphatic carbocycles. The Morgan fingerprint density at radius 1 is 1.47 bits per heavy atom. The molecule has 17 heavy (non-hydrogen) atoms. The molecule has 1 aromatic heterocycles. The maximum Gasteiger partial charge on any atom is 0.261 e. The summed E-state index contributed by atoms with van der Waals surface area (Å²) in [5.74, 6) is 0.0389. The molecule has 0 aromatic carbocycles. The zero-order chi connectivity index (χ0) is 12.3. The first kappa shape index (κ1) is 12.6. The lowest BCUT2D eigenvalue weighted by Gasteiger charge is -2.29. The number of nitrogens with two attached hydrogens (primary N) is 1. The Bertz CT molecular complexity index is 389. The van der Waals surface area contributed by atoms with E-state index in [1.165, 1.54) is 17.7 Å². The average molecular weight is 252 g/mol. The van der Waals surface area contributed by atoms with E-state index in [1.807, 2.05) is 12.1 Å². The highest BCUT2D eigenvalue weighted by Gasteiger charge is 2.24. The molecule has 0 spiro atoms. The Labute approximate surface area is 106 Å². The fraction of sp³-hybridized carbons (Fsp3) is 0.615. The molecular formula is C13H20N2OS. The van der Waals surface area contributed by atoms with Crippen molar-refractivity contribution in [2.24, 2.45) is 5.73 Å². The van der Waals surface area contributed by atoms with Crippen LogP contribution >= 0.6 is 11.3 Å². The van der Waals surface area contributed by atoms with Gasteiger partial charge >= 0.3 is 0 Å². The van der Waals surface area contributed by atoms with Crippen LogP contribution in [0.15, 0.2) is 12.1 Å². The predicted octanol–water partition coefficient (Wildman–Crippen LogP) is 2.31. The first-order valence-electron chi connectivity index (χ1n) is 6.36. The SMILES string of the molecule is CCc1ccc(C(=O)NC2CCCCC2N)s1. The van der Waals surface area contributed by atoms with Gasteiger partial charge < -0.3 is 11.1 Å². The molecule has 1 saturated carbocycles. The minimum Gasteiger partial charge on any atom is -0.347 e. The van der Waals surface area contributed by atoms with Crippen LogP contribution in [0.2, 0.25) is 0 Å². The van der Waals surface area contributed by atoms with Crippen LogP contribution in [0.3, 0.4) is 0 Å². The zero-order valence-electron chi connectivity index (χ0n) is 10.2. The van der Waals surface area contributed by atoms with Crippen molar-refractivity contribution in [3.63, 3.8) is 0 Å². The van der Waals surface area contributed by atoms with Crippen LogP contribution in [-0.2, 0) is 6.42 Å². The summed E-state index contributed by atoms with van der Waals surface area (Å²) in [4.78, 5) is 14.1. The van der Waals surface area contributed by atoms with Crippen LogP contribution in [-0.4, -0.2) is 18.0 Å². The third-order valence-electron chi connectivity index (χ3n) is 3.37. The highest BCUT2D eigenvalue weighted by atomic mass is 32.1. The molecule has 2 atom stereocenters. The third-order valence-corrected chi connectivity index (χ3v) is 4.60. The second kappa shape index (κ2) is 5.65. The van der Waals surface area contributed by atoms with Crippen molar-refractivity contribution in [1.82, 2.24) is 5.32 Å². The standard InChI is InChI=1S/C13H20N2OS/c1-2-9-7-8-12(17-9)13(16)15-11-6-4-3-5-10(11)14/h7-8,10-11H,2-6,14H2,1H3,(H,15,16). The van der Waals surface area contributed by atoms with Crippen molar-refractivity contribution < 1.29 is 4.79 Å². The molecule has 3 N–H and O–H groups in total. The van der Waals surface area contributed by atoms with Crippen LogP contribution in [0, 0.1) is 0 Å². The summed E-state index contributed by atoms with van der Waals surface area (Å²) in [5.41, 5.74) is 6.03. The first-order chi connectivity index (χ1) is 8.20. The van der Waals surface area contributed by atoms with Crippen molar-refractivity contribution >= 4 is 17.2 Å². The van der Waals surface area contributed by atoms with Crippen molar-refractivity contribution in [3.8, 4) is 0 Å². The summed E-state index contributed by atoms with van der Waals surface area (Å²) in [6.45, 7) is 2.10. The molecular weight excluding hydrogens is 232 g/mol. The van der Waals surface area contributed by atoms with E-state index < -0.39 is 0 Å². The van der Waals surface area contributed by atoms with Gasteiger partial charge in [0.25, 0.3) is 5.91 Å². The molecule has 1 heterocycles. The molecule has 0 radical (unpaired) electrons. The predicted molar refractivity (Wildman–Crippen MR) is 71.4 cm³/mol. The summed E-state index contributed by atoms with van der Waals surface area (Å²) in [7, 11) is 0. The normalized spacial score (nSPS) is 24.6. The van der Waals surface area contributed by atoms with Gasteiger partial charge in [-0.3, -0.25) is 4.79 Å². The smallest absolute Gasteiger partial charge is 0.261 e. The Morgan fingerprint density at radius 3 is 2.88 bits per heavy atom. The van der Waals surface area contributed by atoms with E-state index in [0.29, 0.717) is 0 Å². The third kappa shape index (κ3) is 3.07. The molecule has 1 amide bonds. The van der Waals surface area contributed by atoms with Gasteiger partial charge in [0.2, 0.25) is 0 Å². The lowest BCUT2D eigenvalue weighted by Crippen LogP contribution is -2.49. The van der Waals surface area contributed by atoms with Crippen LogP contribution in [0.5, 0.6) is 0 Å². The fourth-order valence-corrected chi connectivity index (χ4v) is 3.12. The van der Waals surface area contributed by atoms with Crippen LogP contribution in [0.1, 0.15) is 47.2 Å². The Kier molecular flexibility index (Phi) is 4.18. The number of amides is 1. The number of hydrogen-bond acceptors (Lipinski definition) is 3. The van der Waals surface area contributed by atoms with Gasteiger partial charge in [-0.15, -0.1) is 11.3 Å². The molecule has 4 heteroatoms. The van der Waals surface area contributed by atoms with E-state index >= 15 is 0 Å². The molecule has 3 nitrogen and oxygen atoms in total. The second-order valence-corrected chi connectivity index (χ2v) is 5.82. The summed E-state index contributed by atoms with van der Waals surface area (Å²) in [6.07, 6.45) is 5.38. The highest BCUT2D eigenvalue weighted by molar-refractivity contribution is 7.14. The number of rotatable bonds is 3. The number of carbonyl (C=O) groups excluding carboxylic acids is 1. The molecule has 1 aliphatic rings. The number of nitrogens with one attached hydrogen (secondary N) is 1. The maximum absolute atomic E-state index is 12.0. The molecule has 0 saturated heterocycles. The highest BCUT2D eigenvalue weighted by Crippen LogP contribution is 2.20. The summed E-state index contributed by atoms with van der Waals surface area (Å²) >= 11 is 1.58. The molecule has 94 valence electrons. The van der Waals surface area contributed by atoms with Crippen LogP contribution < -0.4 is 11.1 Å². The summed E-state index contributed by atoms with van der Waals surface area (Å²) < 4.78 is 0. The van der Waals surface area contributed by atoms with Crippen LogP contribution in [0.25, 0.3) is 0 Å². The van der Waals surface area contributed by atoms with Gasteiger partial charge in [0.05, 0.1) is 4.88 Å². The minimum absolute atomic E-state index is 0.0389. The topological polar surface area (TPSA) is 55.1 Å². The molecule has 1 aromatic rings. The second-order valence-electron chi connectivity index (χ2n) is 4.65. The minimum atomic E-state index is 0.0389. The molecule has 0 aliphatic heterocycles. The van der Waals surface area contributed by atoms with Gasteiger partial charge in [-0.1, -0.05) is 19.8 Å². The van der Waals surface area contributed by atoms with Gasteiger partial charge in [-0.2, -0.15) is 0 Å². The summed E-state index contributed by atoms with van der Waals surface area (Å²) in [5, 5.41) is 3.07. The van der Waals surface area contributed by atoms with Crippen molar-refractivity contribution in [1.29, 1.82) is 0 Å². The van der Waals surface area contributed by atoms with Gasteiger partial charge in [-0.25, -0.2) is 0 Å². The quantitative estimate of drug-likeness (QED) is 0.867. The van der Waals surface area contributed by atoms with Crippen molar-refractivity contribution in [2.75, 3.05) is 0 Å². The van der Waals surface area contributed by atoms with Crippen molar-refractivity contribution in [2.45, 2.75) is 51.1 Å². The zero-order valence-corrected chi connectivity index (χ0v) is 11.1. The maximum atomic E-state index is 12.0. The molecule has 2 rings (SSSR count). The van der Waals surface area contributed by atoms with E-state index in [-0.39, 0.29) is 18.0 Å². The Morgan fingerprint density at radius 2 is 2.24 bits per heavy atom.